The Balaban J connectivity index is 2.38. The average molecular weight is 129 g/mol. The molecule has 1 rings (SSSR count). The molecular weight excluding hydrogens is 114 g/mol. The molecule has 9 heavy (non-hydrogen) atoms. The highest BCUT2D eigenvalue weighted by atomic mass is 16.5. The molecule has 0 radical (unpaired) electrons. The van der Waals surface area contributed by atoms with E-state index in [1.807, 2.05) is 0 Å². The van der Waals surface area contributed by atoms with Crippen LogP contribution in [0.1, 0.15) is 6.92 Å². The number of rotatable bonds is 1. The maximum Gasteiger partial charge on any atom is 0.0735 e. The molecule has 1 aliphatic rings. The number of likely N-dealkylation sites (tertiary alicyclic amines) is 1. The van der Waals surface area contributed by atoms with Crippen LogP contribution in [-0.4, -0.2) is 38.3 Å². The fraction of sp³-hybridized carbons (Fsp3) is 1.00. The molecular formula is C7H15NO. The Morgan fingerprint density at radius 1 is 1.44 bits per heavy atom. The number of ether oxygens (including phenoxy) is 1. The van der Waals surface area contributed by atoms with Gasteiger partial charge in [0.1, 0.15) is 0 Å². The molecule has 0 amide bonds. The number of hydrogen-bond donors (Lipinski definition) is 0. The minimum absolute atomic E-state index is 0.468. The summed E-state index contributed by atoms with van der Waals surface area (Å²) in [5.41, 5.74) is 0. The van der Waals surface area contributed by atoms with Crippen LogP contribution in [0.5, 0.6) is 0 Å². The van der Waals surface area contributed by atoms with E-state index < -0.39 is 0 Å². The van der Waals surface area contributed by atoms with Crippen molar-refractivity contribution in [2.24, 2.45) is 5.92 Å². The van der Waals surface area contributed by atoms with E-state index in [0.29, 0.717) is 12.0 Å². The molecule has 1 saturated heterocycles. The van der Waals surface area contributed by atoms with Crippen molar-refractivity contribution < 1.29 is 4.74 Å². The van der Waals surface area contributed by atoms with Gasteiger partial charge in [0.15, 0.2) is 0 Å². The number of nitrogens with zero attached hydrogens (tertiary/aromatic N) is 1. The Morgan fingerprint density at radius 3 is 2.33 bits per heavy atom. The molecule has 2 heteroatoms. The van der Waals surface area contributed by atoms with Crippen molar-refractivity contribution in [2.75, 3.05) is 27.2 Å². The summed E-state index contributed by atoms with van der Waals surface area (Å²) in [6.07, 6.45) is 0.468. The molecule has 0 aliphatic carbocycles. The zero-order valence-corrected chi connectivity index (χ0v) is 6.42. The maximum absolute atomic E-state index is 5.25. The summed E-state index contributed by atoms with van der Waals surface area (Å²) in [4.78, 5) is 2.30. The SMILES string of the molecule is CO[C@H]1CN(C)CC1C. The summed E-state index contributed by atoms with van der Waals surface area (Å²) in [5, 5.41) is 0. The van der Waals surface area contributed by atoms with E-state index in [4.69, 9.17) is 4.74 Å². The van der Waals surface area contributed by atoms with E-state index in [9.17, 15) is 0 Å². The van der Waals surface area contributed by atoms with Gasteiger partial charge >= 0.3 is 0 Å². The maximum atomic E-state index is 5.25. The summed E-state index contributed by atoms with van der Waals surface area (Å²) >= 11 is 0. The standard InChI is InChI=1S/C7H15NO/c1-6-4-8(2)5-7(6)9-3/h6-7H,4-5H2,1-3H3/t6?,7-/m0/s1. The van der Waals surface area contributed by atoms with Crippen LogP contribution in [0, 0.1) is 5.92 Å². The summed E-state index contributed by atoms with van der Waals surface area (Å²) in [7, 11) is 3.93. The average Bonchev–Trinajstić information content (AvgIpc) is 2.10. The van der Waals surface area contributed by atoms with Gasteiger partial charge in [-0.15, -0.1) is 0 Å². The molecule has 0 aromatic rings. The Morgan fingerprint density at radius 2 is 2.11 bits per heavy atom. The second-order valence-electron chi connectivity index (χ2n) is 2.97. The van der Waals surface area contributed by atoms with E-state index in [0.717, 1.165) is 6.54 Å². The monoisotopic (exact) mass is 129 g/mol. The Bertz CT molecular complexity index is 94.9. The van der Waals surface area contributed by atoms with Gasteiger partial charge in [0.2, 0.25) is 0 Å². The van der Waals surface area contributed by atoms with Gasteiger partial charge in [-0.2, -0.15) is 0 Å². The van der Waals surface area contributed by atoms with Gasteiger partial charge < -0.3 is 9.64 Å². The van der Waals surface area contributed by atoms with Crippen molar-refractivity contribution >= 4 is 0 Å². The lowest BCUT2D eigenvalue weighted by Gasteiger charge is -2.10. The lowest BCUT2D eigenvalue weighted by molar-refractivity contribution is 0.0851. The summed E-state index contributed by atoms with van der Waals surface area (Å²) in [5.74, 6) is 0.708. The Hall–Kier alpha value is -0.0800. The van der Waals surface area contributed by atoms with E-state index >= 15 is 0 Å². The molecule has 1 heterocycles. The number of hydrogen-bond acceptors (Lipinski definition) is 2. The quantitative estimate of drug-likeness (QED) is 0.513. The third kappa shape index (κ3) is 1.43. The minimum Gasteiger partial charge on any atom is -0.380 e. The predicted octanol–water partition coefficient (Wildman–Crippen LogP) is 0.583. The lowest BCUT2D eigenvalue weighted by atomic mass is 10.1. The molecule has 0 aromatic heterocycles. The van der Waals surface area contributed by atoms with Crippen LogP contribution in [-0.2, 0) is 4.74 Å². The zero-order chi connectivity index (χ0) is 6.85. The molecule has 1 unspecified atom stereocenters. The fourth-order valence-electron chi connectivity index (χ4n) is 1.48. The van der Waals surface area contributed by atoms with E-state index in [-0.39, 0.29) is 0 Å². The molecule has 2 atom stereocenters. The van der Waals surface area contributed by atoms with E-state index in [1.165, 1.54) is 6.54 Å². The Labute approximate surface area is 56.8 Å². The van der Waals surface area contributed by atoms with E-state index in [2.05, 4.69) is 18.9 Å². The summed E-state index contributed by atoms with van der Waals surface area (Å²) in [6.45, 7) is 4.51. The predicted molar refractivity (Wildman–Crippen MR) is 37.5 cm³/mol. The van der Waals surface area contributed by atoms with Crippen LogP contribution in [0.2, 0.25) is 0 Å². The molecule has 0 bridgehead atoms. The van der Waals surface area contributed by atoms with Crippen LogP contribution in [0.4, 0.5) is 0 Å². The molecule has 2 nitrogen and oxygen atoms in total. The highest BCUT2D eigenvalue weighted by molar-refractivity contribution is 4.79. The molecule has 0 spiro atoms. The van der Waals surface area contributed by atoms with Gasteiger partial charge in [-0.3, -0.25) is 0 Å². The molecule has 1 fully saturated rings. The molecule has 1 aliphatic heterocycles. The van der Waals surface area contributed by atoms with Crippen LogP contribution in [0.3, 0.4) is 0 Å². The first kappa shape index (κ1) is 7.03. The van der Waals surface area contributed by atoms with Gasteiger partial charge in [0.25, 0.3) is 0 Å². The third-order valence-corrected chi connectivity index (χ3v) is 2.03. The molecule has 0 saturated carbocycles. The second kappa shape index (κ2) is 2.67. The Kier molecular flexibility index (Phi) is 2.09. The highest BCUT2D eigenvalue weighted by Gasteiger charge is 2.26. The van der Waals surface area contributed by atoms with E-state index in [1.54, 1.807) is 7.11 Å². The van der Waals surface area contributed by atoms with Gasteiger partial charge in [0.05, 0.1) is 6.10 Å². The molecule has 0 N–H and O–H groups in total. The first-order chi connectivity index (χ1) is 4.24. The normalized spacial score (nSPS) is 37.7. The zero-order valence-electron chi connectivity index (χ0n) is 6.42. The van der Waals surface area contributed by atoms with Crippen molar-refractivity contribution in [3.8, 4) is 0 Å². The first-order valence-corrected chi connectivity index (χ1v) is 3.45. The van der Waals surface area contributed by atoms with Crippen LogP contribution >= 0.6 is 0 Å². The second-order valence-corrected chi connectivity index (χ2v) is 2.97. The van der Waals surface area contributed by atoms with Gasteiger partial charge in [-0.05, 0) is 13.0 Å². The fourth-order valence-corrected chi connectivity index (χ4v) is 1.48. The lowest BCUT2D eigenvalue weighted by Crippen LogP contribution is -2.19. The van der Waals surface area contributed by atoms with Gasteiger partial charge in [-0.1, -0.05) is 6.92 Å². The molecule has 0 aromatic carbocycles. The largest absolute Gasteiger partial charge is 0.380 e. The van der Waals surface area contributed by atoms with Crippen molar-refractivity contribution in [3.63, 3.8) is 0 Å². The number of methoxy groups -OCH3 is 1. The van der Waals surface area contributed by atoms with Crippen molar-refractivity contribution in [2.45, 2.75) is 13.0 Å². The van der Waals surface area contributed by atoms with Crippen molar-refractivity contribution in [3.05, 3.63) is 0 Å². The van der Waals surface area contributed by atoms with Crippen LogP contribution in [0.25, 0.3) is 0 Å². The molecule has 54 valence electrons. The van der Waals surface area contributed by atoms with Crippen LogP contribution in [0.15, 0.2) is 0 Å². The minimum atomic E-state index is 0.468. The number of likely N-dealkylation sites (N-methyl/N-ethyl adjacent to an activating group) is 1. The highest BCUT2D eigenvalue weighted by Crippen LogP contribution is 2.16. The summed E-state index contributed by atoms with van der Waals surface area (Å²) in [6, 6.07) is 0. The first-order valence-electron chi connectivity index (χ1n) is 3.45. The van der Waals surface area contributed by atoms with Gasteiger partial charge in [0, 0.05) is 20.2 Å². The smallest absolute Gasteiger partial charge is 0.0735 e. The van der Waals surface area contributed by atoms with Crippen molar-refractivity contribution in [1.29, 1.82) is 0 Å². The van der Waals surface area contributed by atoms with Crippen LogP contribution < -0.4 is 0 Å². The topological polar surface area (TPSA) is 12.5 Å². The third-order valence-electron chi connectivity index (χ3n) is 2.03. The summed E-state index contributed by atoms with van der Waals surface area (Å²) < 4.78 is 5.25. The van der Waals surface area contributed by atoms with Gasteiger partial charge in [-0.25, -0.2) is 0 Å². The van der Waals surface area contributed by atoms with Crippen molar-refractivity contribution in [1.82, 2.24) is 4.90 Å².